The maximum absolute atomic E-state index is 11.7. The Kier molecular flexibility index (Phi) is 4.14. The molecule has 0 aliphatic rings. The topological polar surface area (TPSA) is 102 Å². The first kappa shape index (κ1) is 14.5. The zero-order valence-electron chi connectivity index (χ0n) is 9.10. The summed E-state index contributed by atoms with van der Waals surface area (Å²) in [6.45, 7) is -1.79. The molecule has 0 saturated heterocycles. The van der Waals surface area contributed by atoms with Crippen LogP contribution in [-0.4, -0.2) is 28.9 Å². The minimum Gasteiger partial charge on any atom is -0.506 e. The number of carbonyl (C=O) groups excluding carboxylic acids is 1. The van der Waals surface area contributed by atoms with Gasteiger partial charge in [-0.3, -0.25) is 15.4 Å². The predicted molar refractivity (Wildman–Crippen MR) is 55.8 cm³/mol. The molecule has 10 heteroatoms. The summed E-state index contributed by atoms with van der Waals surface area (Å²) >= 11 is 0. The van der Waals surface area contributed by atoms with E-state index in [0.29, 0.717) is 0 Å². The number of alkyl halides is 3. The highest BCUT2D eigenvalue weighted by Gasteiger charge is 2.29. The van der Waals surface area contributed by atoms with E-state index in [0.717, 1.165) is 18.2 Å². The number of phenols is 1. The summed E-state index contributed by atoms with van der Waals surface area (Å²) in [6.07, 6.45) is -6.11. The van der Waals surface area contributed by atoms with Crippen LogP contribution in [0.5, 0.6) is 5.75 Å². The van der Waals surface area contributed by atoms with Gasteiger partial charge in [0.1, 0.15) is 5.75 Å². The first-order valence-electron chi connectivity index (χ1n) is 4.67. The highest BCUT2D eigenvalue weighted by molar-refractivity contribution is 5.86. The number of ether oxygens (including phenoxy) is 1. The molecule has 1 rings (SSSR count). The van der Waals surface area contributed by atoms with Gasteiger partial charge in [0.15, 0.2) is 6.61 Å². The van der Waals surface area contributed by atoms with Crippen LogP contribution in [0.25, 0.3) is 0 Å². The third-order valence-electron chi connectivity index (χ3n) is 1.80. The van der Waals surface area contributed by atoms with Crippen LogP contribution in [-0.2, 0) is 4.74 Å². The van der Waals surface area contributed by atoms with Gasteiger partial charge < -0.3 is 9.84 Å². The maximum Gasteiger partial charge on any atom is 0.422 e. The molecule has 1 aromatic carbocycles. The molecule has 0 radical (unpaired) electrons. The van der Waals surface area contributed by atoms with Gasteiger partial charge in [0.2, 0.25) is 0 Å². The van der Waals surface area contributed by atoms with Crippen LogP contribution in [0.2, 0.25) is 0 Å². The van der Waals surface area contributed by atoms with Gasteiger partial charge in [-0.15, -0.1) is 0 Å². The van der Waals surface area contributed by atoms with Gasteiger partial charge in [0.05, 0.1) is 16.7 Å². The number of nitrogens with one attached hydrogen (secondary N) is 1. The number of phenolic OH excluding ortho intramolecular Hbond substituents is 1. The lowest BCUT2D eigenvalue weighted by Crippen LogP contribution is -2.23. The third kappa shape index (κ3) is 4.69. The first-order valence-corrected chi connectivity index (χ1v) is 4.67. The molecule has 0 aliphatic heterocycles. The molecule has 0 heterocycles. The minimum absolute atomic E-state index is 0.308. The summed E-state index contributed by atoms with van der Waals surface area (Å²) in [5.41, 5.74) is -0.746. The van der Waals surface area contributed by atoms with E-state index >= 15 is 0 Å². The van der Waals surface area contributed by atoms with Crippen molar-refractivity contribution in [1.29, 1.82) is 0 Å². The fourth-order valence-electron chi connectivity index (χ4n) is 1.03. The lowest BCUT2D eigenvalue weighted by molar-refractivity contribution is -0.384. The molecule has 0 fully saturated rings. The molecule has 0 aromatic heterocycles. The first-order chi connectivity index (χ1) is 8.69. The van der Waals surface area contributed by atoms with Crippen molar-refractivity contribution in [3.05, 3.63) is 28.3 Å². The van der Waals surface area contributed by atoms with Crippen LogP contribution < -0.4 is 5.32 Å². The van der Waals surface area contributed by atoms with Crippen LogP contribution in [0.15, 0.2) is 18.2 Å². The zero-order chi connectivity index (χ0) is 14.6. The standard InChI is InChI=1S/C9H7F3N2O5/c10-9(11,12)4-19-8(16)13-6-2-1-5(14(17)18)3-7(6)15/h1-3,15H,4H2,(H,13,16). The maximum atomic E-state index is 11.7. The van der Waals surface area contributed by atoms with Crippen molar-refractivity contribution < 1.29 is 32.7 Å². The third-order valence-corrected chi connectivity index (χ3v) is 1.80. The molecule has 0 saturated carbocycles. The molecule has 2 N–H and O–H groups in total. The molecule has 0 unspecified atom stereocenters. The molecule has 0 bridgehead atoms. The number of halogens is 3. The molecule has 19 heavy (non-hydrogen) atoms. The predicted octanol–water partition coefficient (Wildman–Crippen LogP) is 2.41. The second-order valence-electron chi connectivity index (χ2n) is 3.27. The Morgan fingerprint density at radius 1 is 1.47 bits per heavy atom. The summed E-state index contributed by atoms with van der Waals surface area (Å²) in [6, 6.07) is 2.65. The van der Waals surface area contributed by atoms with Crippen LogP contribution in [0.1, 0.15) is 0 Å². The molecule has 104 valence electrons. The van der Waals surface area contributed by atoms with E-state index < -0.39 is 35.2 Å². The Balaban J connectivity index is 2.67. The average molecular weight is 280 g/mol. The van der Waals surface area contributed by atoms with Crippen LogP contribution in [0.3, 0.4) is 0 Å². The average Bonchev–Trinajstić information content (AvgIpc) is 2.28. The number of nitro groups is 1. The molecule has 0 atom stereocenters. The summed E-state index contributed by atoms with van der Waals surface area (Å²) in [5, 5.41) is 21.5. The molecule has 0 spiro atoms. The Labute approximate surface area is 103 Å². The number of nitrogens with zero attached hydrogens (tertiary/aromatic N) is 1. The number of non-ortho nitro benzene ring substituents is 1. The molecular formula is C9H7F3N2O5. The largest absolute Gasteiger partial charge is 0.506 e. The van der Waals surface area contributed by atoms with Crippen molar-refractivity contribution in [3.8, 4) is 5.75 Å². The Morgan fingerprint density at radius 2 is 2.11 bits per heavy atom. The number of hydrogen-bond donors (Lipinski definition) is 2. The number of carbonyl (C=O) groups is 1. The van der Waals surface area contributed by atoms with Crippen molar-refractivity contribution in [2.24, 2.45) is 0 Å². The van der Waals surface area contributed by atoms with E-state index in [1.807, 2.05) is 5.32 Å². The quantitative estimate of drug-likeness (QED) is 0.503. The highest BCUT2D eigenvalue weighted by atomic mass is 19.4. The van der Waals surface area contributed by atoms with Crippen molar-refractivity contribution >= 4 is 17.5 Å². The minimum atomic E-state index is -4.67. The number of benzene rings is 1. The van der Waals surface area contributed by atoms with E-state index in [2.05, 4.69) is 4.74 Å². The molecular weight excluding hydrogens is 273 g/mol. The summed E-state index contributed by atoms with van der Waals surface area (Å²) in [5.74, 6) is -0.668. The number of rotatable bonds is 3. The second-order valence-corrected chi connectivity index (χ2v) is 3.27. The molecule has 0 aliphatic carbocycles. The number of aromatic hydroxyl groups is 1. The van der Waals surface area contributed by atoms with Gasteiger partial charge in [0.25, 0.3) is 5.69 Å². The van der Waals surface area contributed by atoms with Crippen molar-refractivity contribution in [2.45, 2.75) is 6.18 Å². The smallest absolute Gasteiger partial charge is 0.422 e. The van der Waals surface area contributed by atoms with E-state index in [9.17, 15) is 33.2 Å². The lowest BCUT2D eigenvalue weighted by atomic mass is 10.2. The summed E-state index contributed by atoms with van der Waals surface area (Å²) in [7, 11) is 0. The van der Waals surface area contributed by atoms with Crippen molar-refractivity contribution in [3.63, 3.8) is 0 Å². The Morgan fingerprint density at radius 3 is 2.58 bits per heavy atom. The van der Waals surface area contributed by atoms with Crippen LogP contribution in [0.4, 0.5) is 29.3 Å². The number of amides is 1. The monoisotopic (exact) mass is 280 g/mol. The number of nitro benzene ring substituents is 1. The lowest BCUT2D eigenvalue weighted by Gasteiger charge is -2.09. The highest BCUT2D eigenvalue weighted by Crippen LogP contribution is 2.28. The SMILES string of the molecule is O=C(Nc1ccc([N+](=O)[O-])cc1O)OCC(F)(F)F. The van der Waals surface area contributed by atoms with Crippen LogP contribution in [0, 0.1) is 10.1 Å². The van der Waals surface area contributed by atoms with E-state index in [1.165, 1.54) is 0 Å². The Bertz CT molecular complexity index is 503. The number of hydrogen-bond acceptors (Lipinski definition) is 5. The van der Waals surface area contributed by atoms with Gasteiger partial charge in [0, 0.05) is 6.07 Å². The summed E-state index contributed by atoms with van der Waals surface area (Å²) < 4.78 is 39.1. The van der Waals surface area contributed by atoms with Crippen molar-refractivity contribution in [1.82, 2.24) is 0 Å². The normalized spacial score (nSPS) is 10.9. The van der Waals surface area contributed by atoms with Gasteiger partial charge in [-0.05, 0) is 6.07 Å². The Hall–Kier alpha value is -2.52. The van der Waals surface area contributed by atoms with Gasteiger partial charge in [-0.1, -0.05) is 0 Å². The fraction of sp³-hybridized carbons (Fsp3) is 0.222. The second kappa shape index (κ2) is 5.42. The van der Waals surface area contributed by atoms with Gasteiger partial charge in [-0.25, -0.2) is 4.79 Å². The van der Waals surface area contributed by atoms with Crippen LogP contribution >= 0.6 is 0 Å². The molecule has 1 aromatic rings. The van der Waals surface area contributed by atoms with Gasteiger partial charge >= 0.3 is 12.3 Å². The van der Waals surface area contributed by atoms with E-state index in [-0.39, 0.29) is 5.69 Å². The van der Waals surface area contributed by atoms with Crippen molar-refractivity contribution in [2.75, 3.05) is 11.9 Å². The molecule has 7 nitrogen and oxygen atoms in total. The molecule has 1 amide bonds. The summed E-state index contributed by atoms with van der Waals surface area (Å²) in [4.78, 5) is 20.5. The fourth-order valence-corrected chi connectivity index (χ4v) is 1.03. The van der Waals surface area contributed by atoms with Gasteiger partial charge in [-0.2, -0.15) is 13.2 Å². The zero-order valence-corrected chi connectivity index (χ0v) is 9.10. The van der Waals surface area contributed by atoms with E-state index in [1.54, 1.807) is 0 Å². The number of anilines is 1. The van der Waals surface area contributed by atoms with E-state index in [4.69, 9.17) is 0 Å².